The summed E-state index contributed by atoms with van der Waals surface area (Å²) < 4.78 is 3.41. The average molecular weight is 266 g/mol. The van der Waals surface area contributed by atoms with E-state index >= 15 is 0 Å². The van der Waals surface area contributed by atoms with E-state index in [1.165, 1.54) is 11.9 Å². The Hall–Kier alpha value is -0.870. The Morgan fingerprint density at radius 3 is 3.20 bits per heavy atom. The molecule has 2 heterocycles. The number of hydrogen-bond donors (Lipinski definition) is 1. The third kappa shape index (κ3) is 1.48. The van der Waals surface area contributed by atoms with Crippen LogP contribution in [-0.4, -0.2) is 22.6 Å². The van der Waals surface area contributed by atoms with Crippen molar-refractivity contribution < 1.29 is 0 Å². The van der Waals surface area contributed by atoms with E-state index in [2.05, 4.69) is 42.9 Å². The van der Waals surface area contributed by atoms with Gasteiger partial charge < -0.3 is 9.88 Å². The molecule has 1 aromatic carbocycles. The largest absolute Gasteiger partial charge is 0.325 e. The van der Waals surface area contributed by atoms with Crippen molar-refractivity contribution in [1.82, 2.24) is 14.9 Å². The molecule has 4 heteroatoms. The van der Waals surface area contributed by atoms with Crippen molar-refractivity contribution in [3.05, 3.63) is 29.0 Å². The zero-order chi connectivity index (χ0) is 10.3. The second kappa shape index (κ2) is 3.61. The number of hydrogen-bond acceptors (Lipinski definition) is 2. The molecule has 0 aliphatic carbocycles. The van der Waals surface area contributed by atoms with Crippen molar-refractivity contribution in [2.45, 2.75) is 12.5 Å². The highest BCUT2D eigenvalue weighted by atomic mass is 79.9. The van der Waals surface area contributed by atoms with E-state index in [0.29, 0.717) is 6.04 Å². The molecule has 1 aromatic heterocycles. The van der Waals surface area contributed by atoms with Gasteiger partial charge in [0.1, 0.15) is 0 Å². The molecule has 2 aromatic rings. The van der Waals surface area contributed by atoms with E-state index in [4.69, 9.17) is 0 Å². The van der Waals surface area contributed by atoms with Crippen molar-refractivity contribution in [1.29, 1.82) is 0 Å². The third-order valence-electron chi connectivity index (χ3n) is 2.97. The molecular weight excluding hydrogens is 254 g/mol. The van der Waals surface area contributed by atoms with Crippen molar-refractivity contribution in [2.75, 3.05) is 13.1 Å². The summed E-state index contributed by atoms with van der Waals surface area (Å²) >= 11 is 3.59. The van der Waals surface area contributed by atoms with Gasteiger partial charge in [0.15, 0.2) is 0 Å². The number of aromatic nitrogens is 2. The Kier molecular flexibility index (Phi) is 2.25. The summed E-state index contributed by atoms with van der Waals surface area (Å²) in [4.78, 5) is 4.43. The number of nitrogens with one attached hydrogen (secondary N) is 1. The molecule has 3 rings (SSSR count). The normalized spacial score (nSPS) is 21.3. The zero-order valence-electron chi connectivity index (χ0n) is 8.28. The Bertz CT molecular complexity index is 486. The topological polar surface area (TPSA) is 29.9 Å². The summed E-state index contributed by atoms with van der Waals surface area (Å²) in [6.07, 6.45) is 3.14. The van der Waals surface area contributed by atoms with Crippen molar-refractivity contribution in [3.63, 3.8) is 0 Å². The summed E-state index contributed by atoms with van der Waals surface area (Å²) in [5.74, 6) is 0. The molecule has 0 saturated carbocycles. The molecular formula is C11H12BrN3. The monoisotopic (exact) mass is 265 g/mol. The molecule has 1 N–H and O–H groups in total. The van der Waals surface area contributed by atoms with Gasteiger partial charge in [0, 0.05) is 17.1 Å². The predicted molar refractivity (Wildman–Crippen MR) is 64.0 cm³/mol. The van der Waals surface area contributed by atoms with Crippen molar-refractivity contribution >= 4 is 27.0 Å². The molecule has 1 saturated heterocycles. The van der Waals surface area contributed by atoms with Crippen LogP contribution >= 0.6 is 15.9 Å². The van der Waals surface area contributed by atoms with Gasteiger partial charge in [-0.15, -0.1) is 0 Å². The number of nitrogens with zero attached hydrogens (tertiary/aromatic N) is 2. The van der Waals surface area contributed by atoms with Gasteiger partial charge in [0.25, 0.3) is 0 Å². The quantitative estimate of drug-likeness (QED) is 0.858. The first-order chi connectivity index (χ1) is 7.36. The van der Waals surface area contributed by atoms with Crippen LogP contribution in [0.4, 0.5) is 0 Å². The maximum Gasteiger partial charge on any atom is 0.0961 e. The minimum atomic E-state index is 0.550. The standard InChI is InChI=1S/C11H12BrN3/c12-9-2-1-3-10-11(9)15(7-14-10)8-4-5-13-6-8/h1-3,7-8,13H,4-6H2. The molecule has 15 heavy (non-hydrogen) atoms. The molecule has 1 unspecified atom stereocenters. The molecule has 78 valence electrons. The fourth-order valence-corrected chi connectivity index (χ4v) is 2.76. The summed E-state index contributed by atoms with van der Waals surface area (Å²) in [7, 11) is 0. The van der Waals surface area contributed by atoms with Gasteiger partial charge in [-0.25, -0.2) is 4.98 Å². The first-order valence-electron chi connectivity index (χ1n) is 5.18. The molecule has 0 spiro atoms. The van der Waals surface area contributed by atoms with Gasteiger partial charge in [-0.2, -0.15) is 0 Å². The lowest BCUT2D eigenvalue weighted by molar-refractivity contribution is 0.561. The second-order valence-corrected chi connectivity index (χ2v) is 4.76. The van der Waals surface area contributed by atoms with Crippen LogP contribution in [0.25, 0.3) is 11.0 Å². The Morgan fingerprint density at radius 1 is 1.47 bits per heavy atom. The molecule has 1 aliphatic rings. The molecule has 0 radical (unpaired) electrons. The van der Waals surface area contributed by atoms with Crippen LogP contribution in [0.3, 0.4) is 0 Å². The lowest BCUT2D eigenvalue weighted by Crippen LogP contribution is -2.12. The summed E-state index contributed by atoms with van der Waals surface area (Å²) in [5, 5.41) is 3.38. The SMILES string of the molecule is Brc1cccc2ncn(C3CCNC3)c12. The van der Waals surface area contributed by atoms with Crippen molar-refractivity contribution in [3.8, 4) is 0 Å². The van der Waals surface area contributed by atoms with Crippen LogP contribution < -0.4 is 5.32 Å². The van der Waals surface area contributed by atoms with Gasteiger partial charge >= 0.3 is 0 Å². The van der Waals surface area contributed by atoms with E-state index in [9.17, 15) is 0 Å². The number of imidazole rings is 1. The van der Waals surface area contributed by atoms with E-state index in [0.717, 1.165) is 23.1 Å². The Labute approximate surface area is 96.6 Å². The van der Waals surface area contributed by atoms with Crippen LogP contribution in [0, 0.1) is 0 Å². The maximum atomic E-state index is 4.43. The highest BCUT2D eigenvalue weighted by Crippen LogP contribution is 2.27. The maximum absolute atomic E-state index is 4.43. The number of fused-ring (bicyclic) bond motifs is 1. The smallest absolute Gasteiger partial charge is 0.0961 e. The third-order valence-corrected chi connectivity index (χ3v) is 3.61. The zero-order valence-corrected chi connectivity index (χ0v) is 9.87. The van der Waals surface area contributed by atoms with Gasteiger partial charge in [-0.05, 0) is 41.0 Å². The molecule has 1 atom stereocenters. The minimum absolute atomic E-state index is 0.550. The van der Waals surface area contributed by atoms with Crippen LogP contribution in [0.1, 0.15) is 12.5 Å². The van der Waals surface area contributed by atoms with E-state index in [-0.39, 0.29) is 0 Å². The Balaban J connectivity index is 2.18. The number of halogens is 1. The summed E-state index contributed by atoms with van der Waals surface area (Å²) in [6, 6.07) is 6.70. The Morgan fingerprint density at radius 2 is 2.40 bits per heavy atom. The lowest BCUT2D eigenvalue weighted by atomic mass is 10.2. The van der Waals surface area contributed by atoms with Gasteiger partial charge in [0.05, 0.1) is 17.4 Å². The lowest BCUT2D eigenvalue weighted by Gasteiger charge is -2.12. The molecule has 0 amide bonds. The van der Waals surface area contributed by atoms with E-state index in [1.54, 1.807) is 0 Å². The second-order valence-electron chi connectivity index (χ2n) is 3.91. The van der Waals surface area contributed by atoms with Gasteiger partial charge in [-0.1, -0.05) is 6.07 Å². The van der Waals surface area contributed by atoms with E-state index in [1.807, 2.05) is 12.4 Å². The van der Waals surface area contributed by atoms with Crippen molar-refractivity contribution in [2.24, 2.45) is 0 Å². The number of para-hydroxylation sites is 1. The van der Waals surface area contributed by atoms with Gasteiger partial charge in [-0.3, -0.25) is 0 Å². The highest BCUT2D eigenvalue weighted by molar-refractivity contribution is 9.10. The number of rotatable bonds is 1. The minimum Gasteiger partial charge on any atom is -0.325 e. The van der Waals surface area contributed by atoms with Crippen LogP contribution in [0.15, 0.2) is 29.0 Å². The van der Waals surface area contributed by atoms with Gasteiger partial charge in [0.2, 0.25) is 0 Å². The first-order valence-corrected chi connectivity index (χ1v) is 5.97. The van der Waals surface area contributed by atoms with E-state index < -0.39 is 0 Å². The molecule has 1 fully saturated rings. The number of benzene rings is 1. The highest BCUT2D eigenvalue weighted by Gasteiger charge is 2.18. The van der Waals surface area contributed by atoms with Crippen LogP contribution in [0.2, 0.25) is 0 Å². The summed E-state index contributed by atoms with van der Waals surface area (Å²) in [5.41, 5.74) is 2.28. The summed E-state index contributed by atoms with van der Waals surface area (Å²) in [6.45, 7) is 2.15. The molecule has 3 nitrogen and oxygen atoms in total. The van der Waals surface area contributed by atoms with Crippen LogP contribution in [0.5, 0.6) is 0 Å². The first kappa shape index (κ1) is 9.36. The predicted octanol–water partition coefficient (Wildman–Crippen LogP) is 2.33. The average Bonchev–Trinajstić information content (AvgIpc) is 2.85. The fraction of sp³-hybridized carbons (Fsp3) is 0.364. The molecule has 0 bridgehead atoms. The fourth-order valence-electron chi connectivity index (χ4n) is 2.20. The molecule has 1 aliphatic heterocycles. The van der Waals surface area contributed by atoms with Crippen LogP contribution in [-0.2, 0) is 0 Å².